The van der Waals surface area contributed by atoms with Crippen LogP contribution in [-0.4, -0.2) is 41.7 Å². The number of hydrogen-bond acceptors (Lipinski definition) is 4. The molecule has 6 heteroatoms. The first-order valence-corrected chi connectivity index (χ1v) is 3.91. The molecule has 0 aromatic carbocycles. The van der Waals surface area contributed by atoms with Crippen molar-refractivity contribution in [2.75, 3.05) is 13.2 Å². The van der Waals surface area contributed by atoms with E-state index in [-0.39, 0.29) is 37.2 Å². The van der Waals surface area contributed by atoms with Crippen LogP contribution in [0.25, 0.3) is 0 Å². The number of nitrogens with one attached hydrogen (secondary N) is 1. The van der Waals surface area contributed by atoms with Crippen LogP contribution in [0.2, 0.25) is 0 Å². The van der Waals surface area contributed by atoms with Gasteiger partial charge in [-0.2, -0.15) is 0 Å². The highest BCUT2D eigenvalue weighted by molar-refractivity contribution is 6.07. The van der Waals surface area contributed by atoms with Crippen LogP contribution in [-0.2, 0) is 19.2 Å². The summed E-state index contributed by atoms with van der Waals surface area (Å²) in [7, 11) is 0. The summed E-state index contributed by atoms with van der Waals surface area (Å²) < 4.78 is 0. The Balaban J connectivity index is 2.12. The molecule has 2 aliphatic heterocycles. The van der Waals surface area contributed by atoms with Crippen molar-refractivity contribution in [2.45, 2.75) is 12.5 Å². The maximum absolute atomic E-state index is 11.2. The van der Waals surface area contributed by atoms with Crippen molar-refractivity contribution in [3.63, 3.8) is 0 Å². The third kappa shape index (κ3) is 1.29. The maximum Gasteiger partial charge on any atom is 0.268 e. The number of ketones is 1. The number of carbonyl (C=O) groups is 3. The fraction of sp³-hybridized carbons (Fsp3) is 0.571. The molecule has 70 valence electrons. The first-order chi connectivity index (χ1) is 6.18. The minimum Gasteiger partial charge on any atom is -0.320 e. The van der Waals surface area contributed by atoms with Gasteiger partial charge in [0.1, 0.15) is 12.6 Å². The number of hydrogen-bond donors (Lipinski definition) is 1. The molecule has 2 heterocycles. The van der Waals surface area contributed by atoms with Crippen LogP contribution in [0.15, 0.2) is 0 Å². The minimum atomic E-state index is -0.626. The molecule has 6 nitrogen and oxygen atoms in total. The van der Waals surface area contributed by atoms with Gasteiger partial charge in [-0.3, -0.25) is 19.2 Å². The lowest BCUT2D eigenvalue weighted by Gasteiger charge is -2.18. The largest absolute Gasteiger partial charge is 0.320 e. The van der Waals surface area contributed by atoms with E-state index < -0.39 is 6.04 Å². The molecule has 0 spiro atoms. The molecule has 0 unspecified atom stereocenters. The summed E-state index contributed by atoms with van der Waals surface area (Å²) in [4.78, 5) is 39.1. The lowest BCUT2D eigenvalue weighted by atomic mass is 10.3. The monoisotopic (exact) mass is 184 g/mol. The number of amides is 2. The molecule has 13 heavy (non-hydrogen) atoms. The van der Waals surface area contributed by atoms with E-state index in [2.05, 4.69) is 10.3 Å². The van der Waals surface area contributed by atoms with Gasteiger partial charge in [0, 0.05) is 0 Å². The third-order valence-corrected chi connectivity index (χ3v) is 2.11. The van der Waals surface area contributed by atoms with Gasteiger partial charge in [0.05, 0.1) is 13.0 Å². The van der Waals surface area contributed by atoms with Gasteiger partial charge in [-0.05, 0) is 0 Å². The molecule has 2 aliphatic rings. The number of rotatable bonds is 1. The SMILES string of the molecule is O=C1CC(=O)N([C@H]2CONC2=O)C1. The minimum absolute atomic E-state index is 0.0281. The van der Waals surface area contributed by atoms with Gasteiger partial charge in [0.2, 0.25) is 5.91 Å². The number of carbonyl (C=O) groups excluding carboxylic acids is 3. The zero-order valence-electron chi connectivity index (χ0n) is 6.78. The Bertz CT molecular complexity index is 288. The van der Waals surface area contributed by atoms with Crippen molar-refractivity contribution in [1.29, 1.82) is 0 Å². The van der Waals surface area contributed by atoms with E-state index in [1.165, 1.54) is 4.90 Å². The van der Waals surface area contributed by atoms with Gasteiger partial charge in [0.15, 0.2) is 5.78 Å². The molecule has 1 atom stereocenters. The summed E-state index contributed by atoms with van der Waals surface area (Å²) >= 11 is 0. The molecule has 1 N–H and O–H groups in total. The van der Waals surface area contributed by atoms with Crippen LogP contribution in [0.3, 0.4) is 0 Å². The van der Waals surface area contributed by atoms with Crippen molar-refractivity contribution in [2.24, 2.45) is 0 Å². The summed E-state index contributed by atoms with van der Waals surface area (Å²) in [6.45, 7) is 0.151. The number of nitrogens with zero attached hydrogens (tertiary/aromatic N) is 1. The summed E-state index contributed by atoms with van der Waals surface area (Å²) in [6.07, 6.45) is -0.0935. The van der Waals surface area contributed by atoms with Crippen LogP contribution in [0, 0.1) is 0 Å². The van der Waals surface area contributed by atoms with Gasteiger partial charge < -0.3 is 4.90 Å². The fourth-order valence-electron chi connectivity index (χ4n) is 1.46. The third-order valence-electron chi connectivity index (χ3n) is 2.11. The highest BCUT2D eigenvalue weighted by atomic mass is 16.7. The van der Waals surface area contributed by atoms with E-state index in [0.717, 1.165) is 0 Å². The molecule has 0 aromatic rings. The van der Waals surface area contributed by atoms with Gasteiger partial charge in [-0.1, -0.05) is 0 Å². The summed E-state index contributed by atoms with van der Waals surface area (Å²) in [6, 6.07) is -0.626. The van der Waals surface area contributed by atoms with Gasteiger partial charge in [-0.25, -0.2) is 5.48 Å². The van der Waals surface area contributed by atoms with E-state index in [0.29, 0.717) is 0 Å². The number of likely N-dealkylation sites (tertiary alicyclic amines) is 1. The van der Waals surface area contributed by atoms with Crippen LogP contribution in [0.1, 0.15) is 6.42 Å². The first kappa shape index (κ1) is 8.18. The zero-order chi connectivity index (χ0) is 9.42. The van der Waals surface area contributed by atoms with Crippen molar-refractivity contribution < 1.29 is 19.2 Å². The summed E-state index contributed by atoms with van der Waals surface area (Å²) in [5, 5.41) is 0. The second-order valence-electron chi connectivity index (χ2n) is 3.03. The molecule has 0 aromatic heterocycles. The molecule has 0 radical (unpaired) electrons. The highest BCUT2D eigenvalue weighted by Crippen LogP contribution is 2.13. The van der Waals surface area contributed by atoms with Crippen molar-refractivity contribution in [3.05, 3.63) is 0 Å². The van der Waals surface area contributed by atoms with Gasteiger partial charge in [-0.15, -0.1) is 0 Å². The van der Waals surface area contributed by atoms with E-state index in [9.17, 15) is 14.4 Å². The lowest BCUT2D eigenvalue weighted by Crippen LogP contribution is -2.43. The van der Waals surface area contributed by atoms with Crippen molar-refractivity contribution in [3.8, 4) is 0 Å². The van der Waals surface area contributed by atoms with Crippen LogP contribution < -0.4 is 5.48 Å². The number of Topliss-reactive ketones (excluding diaryl/α,β-unsaturated/α-hetero) is 1. The normalized spacial score (nSPS) is 28.5. The summed E-state index contributed by atoms with van der Waals surface area (Å²) in [5.74, 6) is -0.802. The predicted molar refractivity (Wildman–Crippen MR) is 39.2 cm³/mol. The van der Waals surface area contributed by atoms with E-state index >= 15 is 0 Å². The molecule has 0 saturated carbocycles. The van der Waals surface area contributed by atoms with Crippen LogP contribution in [0.4, 0.5) is 0 Å². The summed E-state index contributed by atoms with van der Waals surface area (Å²) in [5.41, 5.74) is 2.14. The standard InChI is InChI=1S/C7H8N2O4/c10-4-1-6(11)9(2-4)5-3-13-8-7(5)12/h5H,1-3H2,(H,8,12)/t5-/m0/s1. The Morgan fingerprint density at radius 2 is 2.15 bits per heavy atom. The van der Waals surface area contributed by atoms with E-state index in [1.54, 1.807) is 0 Å². The Kier molecular flexibility index (Phi) is 1.77. The Hall–Kier alpha value is -1.43. The highest BCUT2D eigenvalue weighted by Gasteiger charge is 2.39. The van der Waals surface area contributed by atoms with E-state index in [1.807, 2.05) is 0 Å². The average molecular weight is 184 g/mol. The first-order valence-electron chi connectivity index (χ1n) is 3.91. The molecule has 2 amide bonds. The topological polar surface area (TPSA) is 75.7 Å². The number of hydroxylamine groups is 1. The molecular weight excluding hydrogens is 176 g/mol. The van der Waals surface area contributed by atoms with Crippen molar-refractivity contribution >= 4 is 17.6 Å². The lowest BCUT2D eigenvalue weighted by molar-refractivity contribution is -0.135. The van der Waals surface area contributed by atoms with Crippen molar-refractivity contribution in [1.82, 2.24) is 10.4 Å². The molecule has 0 bridgehead atoms. The molecular formula is C7H8N2O4. The Morgan fingerprint density at radius 3 is 2.62 bits per heavy atom. The second kappa shape index (κ2) is 2.81. The van der Waals surface area contributed by atoms with Gasteiger partial charge in [0.25, 0.3) is 5.91 Å². The van der Waals surface area contributed by atoms with Gasteiger partial charge >= 0.3 is 0 Å². The molecule has 0 aliphatic carbocycles. The quantitative estimate of drug-likeness (QED) is 0.489. The zero-order valence-corrected chi connectivity index (χ0v) is 6.78. The average Bonchev–Trinajstić information content (AvgIpc) is 2.58. The smallest absolute Gasteiger partial charge is 0.268 e. The maximum atomic E-state index is 11.2. The second-order valence-corrected chi connectivity index (χ2v) is 3.03. The predicted octanol–water partition coefficient (Wildman–Crippen LogP) is -1.78. The van der Waals surface area contributed by atoms with Crippen LogP contribution >= 0.6 is 0 Å². The molecule has 2 saturated heterocycles. The molecule has 2 rings (SSSR count). The molecule has 2 fully saturated rings. The Labute approximate surface area is 73.8 Å². The van der Waals surface area contributed by atoms with E-state index in [4.69, 9.17) is 0 Å². The fourth-order valence-corrected chi connectivity index (χ4v) is 1.46. The van der Waals surface area contributed by atoms with Crippen LogP contribution in [0.5, 0.6) is 0 Å². The Morgan fingerprint density at radius 1 is 1.38 bits per heavy atom.